The molecule has 0 unspecified atom stereocenters. The van der Waals surface area contributed by atoms with Crippen molar-refractivity contribution in [2.75, 3.05) is 20.1 Å². The van der Waals surface area contributed by atoms with Gasteiger partial charge in [0.1, 0.15) is 0 Å². The van der Waals surface area contributed by atoms with Crippen molar-refractivity contribution >= 4 is 6.98 Å². The van der Waals surface area contributed by atoms with Crippen LogP contribution in [0.5, 0.6) is 0 Å². The van der Waals surface area contributed by atoms with Gasteiger partial charge in [-0.3, -0.25) is 0 Å². The van der Waals surface area contributed by atoms with Gasteiger partial charge in [-0.2, -0.15) is 0 Å². The van der Waals surface area contributed by atoms with E-state index < -0.39 is 6.98 Å². The Morgan fingerprint density at radius 2 is 2.09 bits per heavy atom. The van der Waals surface area contributed by atoms with Gasteiger partial charge in [0.15, 0.2) is 0 Å². The predicted molar refractivity (Wildman–Crippen MR) is 39.3 cm³/mol. The number of likely N-dealkylation sites (N-methyl/N-ethyl adjacent to an activating group) is 1. The van der Waals surface area contributed by atoms with Crippen molar-refractivity contribution < 1.29 is 12.9 Å². The van der Waals surface area contributed by atoms with Gasteiger partial charge >= 0.3 is 6.98 Å². The van der Waals surface area contributed by atoms with E-state index in [9.17, 15) is 12.9 Å². The second-order valence-corrected chi connectivity index (χ2v) is 2.87. The fourth-order valence-electron chi connectivity index (χ4n) is 1.08. The molecule has 0 atom stereocenters. The van der Waals surface area contributed by atoms with Crippen molar-refractivity contribution in [1.29, 1.82) is 0 Å². The Balaban J connectivity index is 2.62. The molecule has 0 N–H and O–H groups in total. The van der Waals surface area contributed by atoms with Crippen LogP contribution in [0.25, 0.3) is 0 Å². The molecule has 1 aliphatic rings. The molecular weight excluding hydrogens is 154 g/mol. The van der Waals surface area contributed by atoms with Gasteiger partial charge < -0.3 is 17.8 Å². The average Bonchev–Trinajstić information content (AvgIpc) is 1.86. The van der Waals surface area contributed by atoms with Crippen LogP contribution in [-0.2, 0) is 0 Å². The van der Waals surface area contributed by atoms with Gasteiger partial charge in [-0.05, 0) is 20.0 Å². The monoisotopic (exact) mass is 164 g/mol. The Bertz CT molecular complexity index is 175. The van der Waals surface area contributed by atoms with Crippen LogP contribution in [0.3, 0.4) is 0 Å². The maximum absolute atomic E-state index is 12.0. The van der Waals surface area contributed by atoms with Gasteiger partial charge in [-0.1, -0.05) is 0 Å². The predicted octanol–water partition coefficient (Wildman–Crippen LogP) is 1.63. The lowest BCUT2D eigenvalue weighted by molar-refractivity contribution is 0.355. The highest BCUT2D eigenvalue weighted by molar-refractivity contribution is 6.66. The molecule has 0 fully saturated rings. The highest BCUT2D eigenvalue weighted by Crippen LogP contribution is 2.24. The quantitative estimate of drug-likeness (QED) is 0.532. The van der Waals surface area contributed by atoms with Crippen LogP contribution < -0.4 is 0 Å². The molecule has 1 rings (SSSR count). The van der Waals surface area contributed by atoms with E-state index in [1.54, 1.807) is 0 Å². The summed E-state index contributed by atoms with van der Waals surface area (Å²) in [6, 6.07) is 0. The molecule has 0 aromatic heterocycles. The summed E-state index contributed by atoms with van der Waals surface area (Å²) < 4.78 is 36.1. The van der Waals surface area contributed by atoms with Crippen molar-refractivity contribution in [2.45, 2.75) is 6.42 Å². The second-order valence-electron chi connectivity index (χ2n) is 2.87. The fraction of sp³-hybridized carbons (Fsp3) is 0.667. The molecule has 0 spiro atoms. The molecule has 0 aromatic carbocycles. The van der Waals surface area contributed by atoms with Crippen LogP contribution in [0.4, 0.5) is 12.9 Å². The molecular formula is C6H10BF3N-. The Hall–Kier alpha value is -0.445. The Morgan fingerprint density at radius 3 is 2.45 bits per heavy atom. The fourth-order valence-corrected chi connectivity index (χ4v) is 1.08. The van der Waals surface area contributed by atoms with Crippen LogP contribution in [0.2, 0.25) is 0 Å². The van der Waals surface area contributed by atoms with Crippen LogP contribution in [0, 0.1) is 0 Å². The molecule has 0 radical (unpaired) electrons. The lowest BCUT2D eigenvalue weighted by atomic mass is 9.76. The zero-order valence-electron chi connectivity index (χ0n) is 6.36. The van der Waals surface area contributed by atoms with E-state index in [0.717, 1.165) is 0 Å². The third-order valence-electron chi connectivity index (χ3n) is 1.87. The van der Waals surface area contributed by atoms with Crippen LogP contribution in [0.1, 0.15) is 6.42 Å². The molecule has 0 aromatic rings. The molecule has 1 nitrogen and oxygen atoms in total. The van der Waals surface area contributed by atoms with Gasteiger partial charge in [-0.25, -0.2) is 0 Å². The maximum Gasteiger partial charge on any atom is 0.505 e. The molecule has 0 saturated carbocycles. The molecule has 1 heterocycles. The lowest BCUT2D eigenvalue weighted by Crippen LogP contribution is -2.31. The molecule has 1 aliphatic heterocycles. The SMILES string of the molecule is CN1CC=C([B-](F)(F)F)CC1. The smallest absolute Gasteiger partial charge is 0.445 e. The summed E-state index contributed by atoms with van der Waals surface area (Å²) >= 11 is 0. The number of rotatable bonds is 1. The minimum Gasteiger partial charge on any atom is -0.445 e. The molecule has 5 heteroatoms. The minimum absolute atomic E-state index is 0.153. The summed E-state index contributed by atoms with van der Waals surface area (Å²) in [6.07, 6.45) is 1.43. The van der Waals surface area contributed by atoms with E-state index in [2.05, 4.69) is 0 Å². The van der Waals surface area contributed by atoms with E-state index in [-0.39, 0.29) is 11.9 Å². The number of hydrogen-bond acceptors (Lipinski definition) is 1. The van der Waals surface area contributed by atoms with Crippen molar-refractivity contribution in [3.05, 3.63) is 11.5 Å². The highest BCUT2D eigenvalue weighted by Gasteiger charge is 2.29. The summed E-state index contributed by atoms with van der Waals surface area (Å²) in [5.41, 5.74) is -0.317. The van der Waals surface area contributed by atoms with Crippen molar-refractivity contribution in [2.24, 2.45) is 0 Å². The van der Waals surface area contributed by atoms with Gasteiger partial charge in [0.2, 0.25) is 0 Å². The van der Waals surface area contributed by atoms with E-state index in [1.165, 1.54) is 6.08 Å². The molecule has 64 valence electrons. The zero-order valence-corrected chi connectivity index (χ0v) is 6.36. The Labute approximate surface area is 63.9 Å². The summed E-state index contributed by atoms with van der Waals surface area (Å²) in [5, 5.41) is 0. The second kappa shape index (κ2) is 2.89. The minimum atomic E-state index is -4.71. The molecule has 11 heavy (non-hydrogen) atoms. The maximum atomic E-state index is 12.0. The standard InChI is InChI=1S/C6H10BF3N/c1-11-4-2-6(3-5-11)7(8,9)10/h2H,3-5H2,1H3/q-1. The van der Waals surface area contributed by atoms with Crippen molar-refractivity contribution in [1.82, 2.24) is 4.90 Å². The zero-order chi connectivity index (χ0) is 8.48. The number of nitrogens with zero attached hydrogens (tertiary/aromatic N) is 1. The highest BCUT2D eigenvalue weighted by atomic mass is 19.4. The van der Waals surface area contributed by atoms with E-state index >= 15 is 0 Å². The van der Waals surface area contributed by atoms with Gasteiger partial charge in [0, 0.05) is 6.54 Å². The van der Waals surface area contributed by atoms with Gasteiger partial charge in [-0.15, -0.1) is 11.5 Å². The normalized spacial score (nSPS) is 21.6. The molecule has 0 saturated heterocycles. The average molecular weight is 164 g/mol. The molecule has 0 amide bonds. The van der Waals surface area contributed by atoms with Gasteiger partial charge in [0.05, 0.1) is 0 Å². The van der Waals surface area contributed by atoms with Gasteiger partial charge in [0.25, 0.3) is 0 Å². The Morgan fingerprint density at radius 1 is 1.45 bits per heavy atom. The van der Waals surface area contributed by atoms with E-state index in [1.807, 2.05) is 11.9 Å². The summed E-state index contributed by atoms with van der Waals surface area (Å²) in [4.78, 5) is 1.87. The van der Waals surface area contributed by atoms with Crippen molar-refractivity contribution in [3.8, 4) is 0 Å². The first-order valence-electron chi connectivity index (χ1n) is 3.57. The largest absolute Gasteiger partial charge is 0.505 e. The van der Waals surface area contributed by atoms with Crippen LogP contribution in [0.15, 0.2) is 11.5 Å². The first-order chi connectivity index (χ1) is 5.00. The Kier molecular flexibility index (Phi) is 2.27. The summed E-state index contributed by atoms with van der Waals surface area (Å²) in [5.74, 6) is 0. The van der Waals surface area contributed by atoms with Crippen molar-refractivity contribution in [3.63, 3.8) is 0 Å². The summed E-state index contributed by atoms with van der Waals surface area (Å²) in [6.45, 7) is -3.77. The van der Waals surface area contributed by atoms with E-state index in [0.29, 0.717) is 13.1 Å². The first kappa shape index (κ1) is 8.65. The summed E-state index contributed by atoms with van der Waals surface area (Å²) in [7, 11) is 1.82. The lowest BCUT2D eigenvalue weighted by Gasteiger charge is -2.27. The third-order valence-corrected chi connectivity index (χ3v) is 1.87. The number of hydrogen-bond donors (Lipinski definition) is 0. The van der Waals surface area contributed by atoms with Crippen LogP contribution >= 0.6 is 0 Å². The number of halogens is 3. The van der Waals surface area contributed by atoms with E-state index in [4.69, 9.17) is 0 Å². The topological polar surface area (TPSA) is 3.24 Å². The van der Waals surface area contributed by atoms with Crippen LogP contribution in [-0.4, -0.2) is 32.0 Å². The molecule has 0 aliphatic carbocycles. The first-order valence-corrected chi connectivity index (χ1v) is 3.57. The molecule has 0 bridgehead atoms. The third kappa shape index (κ3) is 2.25.